The number of nitro groups is 1. The normalized spacial score (nSPS) is 12.0. The number of nitrogens with zero attached hydrogens (tertiary/aromatic N) is 2. The predicted molar refractivity (Wildman–Crippen MR) is 80.4 cm³/mol. The molecule has 1 atom stereocenters. The molecular formula is C15H21N3O3. The molecule has 21 heavy (non-hydrogen) atoms. The largest absolute Gasteiger partial charge is 0.493 e. The van der Waals surface area contributed by atoms with E-state index in [9.17, 15) is 10.1 Å². The minimum Gasteiger partial charge on any atom is -0.493 e. The minimum absolute atomic E-state index is 0.0488. The van der Waals surface area contributed by atoms with E-state index in [2.05, 4.69) is 11.4 Å². The summed E-state index contributed by atoms with van der Waals surface area (Å²) in [4.78, 5) is 10.5. The second-order valence-corrected chi connectivity index (χ2v) is 5.30. The fraction of sp³-hybridized carbons (Fsp3) is 0.533. The van der Waals surface area contributed by atoms with Crippen molar-refractivity contribution in [2.45, 2.75) is 46.2 Å². The first-order valence-corrected chi connectivity index (χ1v) is 6.89. The van der Waals surface area contributed by atoms with Gasteiger partial charge in [-0.3, -0.25) is 15.4 Å². The van der Waals surface area contributed by atoms with Gasteiger partial charge < -0.3 is 4.74 Å². The van der Waals surface area contributed by atoms with Crippen LogP contribution in [0, 0.1) is 35.3 Å². The van der Waals surface area contributed by atoms with Crippen LogP contribution in [0.15, 0.2) is 12.1 Å². The summed E-state index contributed by atoms with van der Waals surface area (Å²) in [5.41, 5.74) is 1.51. The van der Waals surface area contributed by atoms with Crippen molar-refractivity contribution in [1.82, 2.24) is 5.32 Å². The van der Waals surface area contributed by atoms with Gasteiger partial charge in [-0.05, 0) is 39.3 Å². The average Bonchev–Trinajstić information content (AvgIpc) is 2.38. The summed E-state index contributed by atoms with van der Waals surface area (Å²) in [6.45, 7) is 7.82. The van der Waals surface area contributed by atoms with E-state index in [1.54, 1.807) is 13.0 Å². The maximum Gasteiger partial charge on any atom is 0.276 e. The number of nitro benzene ring substituents is 1. The predicted octanol–water partition coefficient (Wildman–Crippen LogP) is 2.87. The molecule has 1 rings (SSSR count). The van der Waals surface area contributed by atoms with Gasteiger partial charge in [-0.15, -0.1) is 0 Å². The van der Waals surface area contributed by atoms with Crippen molar-refractivity contribution in [2.75, 3.05) is 6.61 Å². The molecule has 0 bridgehead atoms. The van der Waals surface area contributed by atoms with Gasteiger partial charge in [-0.2, -0.15) is 5.26 Å². The Bertz CT molecular complexity index is 550. The second-order valence-electron chi connectivity index (χ2n) is 5.30. The summed E-state index contributed by atoms with van der Waals surface area (Å²) >= 11 is 0. The first-order valence-electron chi connectivity index (χ1n) is 6.89. The number of hydrogen-bond donors (Lipinski definition) is 1. The van der Waals surface area contributed by atoms with Crippen LogP contribution >= 0.6 is 0 Å². The molecule has 0 aliphatic rings. The second kappa shape index (κ2) is 7.60. The summed E-state index contributed by atoms with van der Waals surface area (Å²) in [6.07, 6.45) is 0.524. The van der Waals surface area contributed by atoms with Gasteiger partial charge in [0.05, 0.1) is 29.7 Å². The molecule has 0 amide bonds. The third-order valence-corrected chi connectivity index (χ3v) is 3.04. The Labute approximate surface area is 124 Å². The zero-order valence-electron chi connectivity index (χ0n) is 12.8. The lowest BCUT2D eigenvalue weighted by atomic mass is 10.1. The Morgan fingerprint density at radius 2 is 2.05 bits per heavy atom. The fourth-order valence-electron chi connectivity index (χ4n) is 2.05. The molecule has 0 radical (unpaired) electrons. The summed E-state index contributed by atoms with van der Waals surface area (Å²) in [7, 11) is 0. The highest BCUT2D eigenvalue weighted by Crippen LogP contribution is 2.28. The van der Waals surface area contributed by atoms with E-state index in [4.69, 9.17) is 10.00 Å². The average molecular weight is 291 g/mol. The first kappa shape index (κ1) is 16.9. The number of ether oxygens (including phenoxy) is 1. The fourth-order valence-corrected chi connectivity index (χ4v) is 2.05. The highest BCUT2D eigenvalue weighted by atomic mass is 16.6. The number of nitriles is 1. The molecule has 0 heterocycles. The Hall–Kier alpha value is -2.13. The third kappa shape index (κ3) is 5.04. The molecule has 1 unspecified atom stereocenters. The van der Waals surface area contributed by atoms with E-state index in [1.165, 1.54) is 6.07 Å². The number of hydrogen-bond acceptors (Lipinski definition) is 5. The van der Waals surface area contributed by atoms with E-state index in [1.807, 2.05) is 20.8 Å². The van der Waals surface area contributed by atoms with Crippen LogP contribution in [0.5, 0.6) is 5.75 Å². The number of aryl methyl sites for hydroxylation is 2. The topological polar surface area (TPSA) is 88.2 Å². The van der Waals surface area contributed by atoms with Crippen LogP contribution in [-0.4, -0.2) is 23.6 Å². The molecule has 114 valence electrons. The molecule has 0 aromatic heterocycles. The smallest absolute Gasteiger partial charge is 0.276 e. The van der Waals surface area contributed by atoms with Crippen molar-refractivity contribution in [3.63, 3.8) is 0 Å². The zero-order chi connectivity index (χ0) is 16.0. The van der Waals surface area contributed by atoms with Crippen LogP contribution in [0.2, 0.25) is 0 Å². The maximum absolute atomic E-state index is 10.9. The molecule has 6 heteroatoms. The Balaban J connectivity index is 2.69. The van der Waals surface area contributed by atoms with Crippen molar-refractivity contribution in [3.05, 3.63) is 33.4 Å². The van der Waals surface area contributed by atoms with Gasteiger partial charge in [0.25, 0.3) is 5.69 Å². The summed E-state index contributed by atoms with van der Waals surface area (Å²) in [6, 6.07) is 5.29. The Morgan fingerprint density at radius 1 is 1.38 bits per heavy atom. The van der Waals surface area contributed by atoms with Crippen LogP contribution in [0.4, 0.5) is 5.69 Å². The summed E-state index contributed by atoms with van der Waals surface area (Å²) in [5, 5.41) is 23.1. The van der Waals surface area contributed by atoms with E-state index in [0.717, 1.165) is 5.56 Å². The monoisotopic (exact) mass is 291 g/mol. The molecule has 0 aliphatic carbocycles. The van der Waals surface area contributed by atoms with E-state index >= 15 is 0 Å². The third-order valence-electron chi connectivity index (χ3n) is 3.04. The molecule has 0 fully saturated rings. The lowest BCUT2D eigenvalue weighted by Gasteiger charge is -2.15. The zero-order valence-corrected chi connectivity index (χ0v) is 12.8. The van der Waals surface area contributed by atoms with Crippen molar-refractivity contribution < 1.29 is 9.66 Å². The van der Waals surface area contributed by atoms with Crippen molar-refractivity contribution in [1.29, 1.82) is 5.26 Å². The maximum atomic E-state index is 10.9. The molecule has 6 nitrogen and oxygen atoms in total. The lowest BCUT2D eigenvalue weighted by molar-refractivity contribution is -0.385. The highest BCUT2D eigenvalue weighted by Gasteiger charge is 2.15. The van der Waals surface area contributed by atoms with Crippen molar-refractivity contribution >= 4 is 5.69 Å². The standard InChI is InChI=1S/C15H21N3O3/c1-10(2)17-13(9-16)5-6-21-15-8-14(18(19)20)11(3)7-12(15)4/h7-8,10,13,17H,5-6H2,1-4H3. The van der Waals surface area contributed by atoms with Gasteiger partial charge in [-0.1, -0.05) is 0 Å². The van der Waals surface area contributed by atoms with Crippen molar-refractivity contribution in [3.8, 4) is 11.8 Å². The molecule has 0 spiro atoms. The van der Waals surface area contributed by atoms with Gasteiger partial charge in [0.15, 0.2) is 0 Å². The molecule has 0 saturated heterocycles. The SMILES string of the molecule is Cc1cc(C)c([N+](=O)[O-])cc1OCCC(C#N)NC(C)C. The van der Waals surface area contributed by atoms with E-state index in [0.29, 0.717) is 24.3 Å². The molecule has 0 aliphatic heterocycles. The summed E-state index contributed by atoms with van der Waals surface area (Å²) < 4.78 is 5.60. The minimum atomic E-state index is -0.417. The van der Waals surface area contributed by atoms with E-state index in [-0.39, 0.29) is 17.8 Å². The number of nitrogens with one attached hydrogen (secondary N) is 1. The van der Waals surface area contributed by atoms with Crippen LogP contribution in [-0.2, 0) is 0 Å². The number of benzene rings is 1. The molecular weight excluding hydrogens is 270 g/mol. The van der Waals surface area contributed by atoms with Crippen LogP contribution in [0.3, 0.4) is 0 Å². The molecule has 0 saturated carbocycles. The quantitative estimate of drug-likeness (QED) is 0.616. The van der Waals surface area contributed by atoms with Crippen LogP contribution in [0.1, 0.15) is 31.4 Å². The van der Waals surface area contributed by atoms with Crippen LogP contribution in [0.25, 0.3) is 0 Å². The van der Waals surface area contributed by atoms with Gasteiger partial charge in [0, 0.05) is 18.0 Å². The van der Waals surface area contributed by atoms with Gasteiger partial charge in [0.2, 0.25) is 0 Å². The Kier molecular flexibility index (Phi) is 6.12. The summed E-state index contributed by atoms with van der Waals surface area (Å²) in [5.74, 6) is 0.494. The number of rotatable bonds is 7. The van der Waals surface area contributed by atoms with Gasteiger partial charge in [0.1, 0.15) is 5.75 Å². The van der Waals surface area contributed by atoms with Gasteiger partial charge in [-0.25, -0.2) is 0 Å². The molecule has 1 aromatic rings. The van der Waals surface area contributed by atoms with Crippen molar-refractivity contribution in [2.24, 2.45) is 0 Å². The first-order chi connectivity index (χ1) is 9.85. The van der Waals surface area contributed by atoms with E-state index < -0.39 is 4.92 Å². The molecule has 1 N–H and O–H groups in total. The molecule has 1 aromatic carbocycles. The Morgan fingerprint density at radius 3 is 2.57 bits per heavy atom. The highest BCUT2D eigenvalue weighted by molar-refractivity contribution is 5.49. The van der Waals surface area contributed by atoms with Gasteiger partial charge >= 0.3 is 0 Å². The lowest BCUT2D eigenvalue weighted by Crippen LogP contribution is -2.34. The van der Waals surface area contributed by atoms with Crippen LogP contribution < -0.4 is 10.1 Å².